The van der Waals surface area contributed by atoms with E-state index in [1.165, 1.54) is 4.90 Å². The zero-order valence-corrected chi connectivity index (χ0v) is 19.7. The third-order valence-corrected chi connectivity index (χ3v) is 6.03. The number of amides is 3. The molecule has 1 fully saturated rings. The van der Waals surface area contributed by atoms with Crippen LogP contribution in [0.15, 0.2) is 60.7 Å². The van der Waals surface area contributed by atoms with E-state index in [-0.39, 0.29) is 24.8 Å². The standard InChI is InChI=1S/C24H29N3O5S/c1-23(2,3)32-22(31)27-14-19(15-28)24(16-27,18-12-8-5-9-13-18)25-21(30)26-33-20(29)17-10-6-4-7-11-17/h4-13,19,28H,14-16H2,1-3H3,(H2,25,26,30). The number of carbonyl (C=O) groups is 3. The lowest BCUT2D eigenvalue weighted by molar-refractivity contribution is 0.0277. The van der Waals surface area contributed by atoms with Crippen LogP contribution in [-0.4, -0.2) is 52.5 Å². The summed E-state index contributed by atoms with van der Waals surface area (Å²) in [6, 6.07) is 17.2. The third kappa shape index (κ3) is 6.06. The van der Waals surface area contributed by atoms with Crippen LogP contribution >= 0.6 is 11.9 Å². The molecular formula is C24H29N3O5S. The van der Waals surface area contributed by atoms with Crippen LogP contribution in [0.2, 0.25) is 0 Å². The number of nitrogens with one attached hydrogen (secondary N) is 2. The summed E-state index contributed by atoms with van der Waals surface area (Å²) in [5.41, 5.74) is -0.536. The first-order chi connectivity index (χ1) is 15.6. The number of aliphatic hydroxyl groups excluding tert-OH is 1. The minimum absolute atomic E-state index is 0.113. The molecule has 0 bridgehead atoms. The van der Waals surface area contributed by atoms with Gasteiger partial charge in [0.2, 0.25) is 5.12 Å². The van der Waals surface area contributed by atoms with Crippen molar-refractivity contribution in [2.24, 2.45) is 5.92 Å². The fraction of sp³-hybridized carbons (Fsp3) is 0.375. The Morgan fingerprint density at radius 1 is 1.09 bits per heavy atom. The molecule has 3 N–H and O–H groups in total. The molecule has 3 rings (SSSR count). The van der Waals surface area contributed by atoms with E-state index in [9.17, 15) is 19.5 Å². The molecule has 176 valence electrons. The van der Waals surface area contributed by atoms with Gasteiger partial charge in [-0.1, -0.05) is 60.7 Å². The second kappa shape index (κ2) is 10.3. The van der Waals surface area contributed by atoms with Crippen LogP contribution in [0.25, 0.3) is 0 Å². The molecule has 1 aliphatic rings. The predicted molar refractivity (Wildman–Crippen MR) is 127 cm³/mol. The van der Waals surface area contributed by atoms with E-state index in [1.54, 1.807) is 51.1 Å². The van der Waals surface area contributed by atoms with Crippen LogP contribution in [0.5, 0.6) is 0 Å². The van der Waals surface area contributed by atoms with E-state index >= 15 is 0 Å². The first kappa shape index (κ1) is 24.6. The molecule has 0 radical (unpaired) electrons. The van der Waals surface area contributed by atoms with Crippen molar-refractivity contribution >= 4 is 29.2 Å². The van der Waals surface area contributed by atoms with Crippen LogP contribution < -0.4 is 10.0 Å². The number of ether oxygens (including phenoxy) is 1. The van der Waals surface area contributed by atoms with Gasteiger partial charge in [-0.25, -0.2) is 9.59 Å². The fourth-order valence-corrected chi connectivity index (χ4v) is 4.32. The minimum Gasteiger partial charge on any atom is -0.444 e. The monoisotopic (exact) mass is 471 g/mol. The predicted octanol–water partition coefficient (Wildman–Crippen LogP) is 3.53. The third-order valence-electron chi connectivity index (χ3n) is 5.32. The molecule has 1 heterocycles. The van der Waals surface area contributed by atoms with Crippen LogP contribution in [0.3, 0.4) is 0 Å². The first-order valence-corrected chi connectivity index (χ1v) is 11.4. The molecule has 2 aromatic carbocycles. The molecule has 2 unspecified atom stereocenters. The highest BCUT2D eigenvalue weighted by Crippen LogP contribution is 2.37. The lowest BCUT2D eigenvalue weighted by atomic mass is 9.81. The summed E-state index contributed by atoms with van der Waals surface area (Å²) in [5.74, 6) is -0.479. The first-order valence-electron chi connectivity index (χ1n) is 10.6. The van der Waals surface area contributed by atoms with E-state index < -0.39 is 29.2 Å². The number of hydrogen-bond donors (Lipinski definition) is 3. The Hall–Kier alpha value is -3.04. The molecule has 0 aromatic heterocycles. The fourth-order valence-electron chi connectivity index (χ4n) is 3.83. The van der Waals surface area contributed by atoms with E-state index in [1.807, 2.05) is 30.3 Å². The summed E-state index contributed by atoms with van der Waals surface area (Å²) in [6.07, 6.45) is -0.519. The van der Waals surface area contributed by atoms with Crippen molar-refractivity contribution in [1.82, 2.24) is 14.9 Å². The molecule has 0 saturated carbocycles. The van der Waals surface area contributed by atoms with E-state index in [2.05, 4.69) is 10.0 Å². The molecule has 2 aromatic rings. The highest BCUT2D eigenvalue weighted by Gasteiger charge is 2.51. The summed E-state index contributed by atoms with van der Waals surface area (Å²) < 4.78 is 8.03. The molecular weight excluding hydrogens is 442 g/mol. The van der Waals surface area contributed by atoms with Crippen molar-refractivity contribution in [3.05, 3.63) is 71.8 Å². The molecule has 2 atom stereocenters. The number of aliphatic hydroxyl groups is 1. The van der Waals surface area contributed by atoms with Gasteiger partial charge in [0.15, 0.2) is 0 Å². The zero-order valence-electron chi connectivity index (χ0n) is 18.9. The van der Waals surface area contributed by atoms with E-state index in [0.717, 1.165) is 5.56 Å². The number of rotatable bonds is 4. The van der Waals surface area contributed by atoms with Gasteiger partial charge in [0.1, 0.15) is 5.60 Å². The van der Waals surface area contributed by atoms with Crippen molar-refractivity contribution < 1.29 is 24.2 Å². The molecule has 1 aliphatic heterocycles. The summed E-state index contributed by atoms with van der Waals surface area (Å²) in [5, 5.41) is 12.8. The van der Waals surface area contributed by atoms with Crippen LogP contribution in [0.1, 0.15) is 36.7 Å². The normalized spacial score (nSPS) is 20.2. The van der Waals surface area contributed by atoms with Crippen molar-refractivity contribution in [2.45, 2.75) is 31.9 Å². The minimum atomic E-state index is -1.06. The second-order valence-corrected chi connectivity index (χ2v) is 9.67. The van der Waals surface area contributed by atoms with Crippen molar-refractivity contribution in [2.75, 3.05) is 19.7 Å². The molecule has 8 nitrogen and oxygen atoms in total. The quantitative estimate of drug-likeness (QED) is 0.589. The summed E-state index contributed by atoms with van der Waals surface area (Å²) in [4.78, 5) is 39.4. The Labute approximate surface area is 197 Å². The Balaban J connectivity index is 1.80. The molecule has 9 heteroatoms. The second-order valence-electron chi connectivity index (χ2n) is 8.89. The Bertz CT molecular complexity index is 981. The Morgan fingerprint density at radius 3 is 2.27 bits per heavy atom. The number of carbonyl (C=O) groups excluding carboxylic acids is 3. The smallest absolute Gasteiger partial charge is 0.410 e. The maximum Gasteiger partial charge on any atom is 0.410 e. The lowest BCUT2D eigenvalue weighted by Gasteiger charge is -2.35. The number of nitrogens with zero attached hydrogens (tertiary/aromatic N) is 1. The van der Waals surface area contributed by atoms with Gasteiger partial charge in [0, 0.05) is 30.0 Å². The average molecular weight is 472 g/mol. The maximum atomic E-state index is 12.9. The van der Waals surface area contributed by atoms with Gasteiger partial charge in [-0.15, -0.1) is 0 Å². The number of hydrogen-bond acceptors (Lipinski definition) is 6. The number of urea groups is 1. The van der Waals surface area contributed by atoms with E-state index in [4.69, 9.17) is 4.74 Å². The van der Waals surface area contributed by atoms with Crippen molar-refractivity contribution in [3.8, 4) is 0 Å². The average Bonchev–Trinajstić information content (AvgIpc) is 3.17. The van der Waals surface area contributed by atoms with Gasteiger partial charge < -0.3 is 20.1 Å². The molecule has 1 saturated heterocycles. The summed E-state index contributed by atoms with van der Waals surface area (Å²) in [7, 11) is 0. The van der Waals surface area contributed by atoms with Crippen LogP contribution in [0, 0.1) is 5.92 Å². The van der Waals surface area contributed by atoms with Crippen LogP contribution in [-0.2, 0) is 10.3 Å². The summed E-state index contributed by atoms with van der Waals surface area (Å²) >= 11 is 0.670. The Morgan fingerprint density at radius 2 is 1.70 bits per heavy atom. The Kier molecular flexibility index (Phi) is 7.65. The number of likely N-dealkylation sites (tertiary alicyclic amines) is 1. The SMILES string of the molecule is CC(C)(C)OC(=O)N1CC(CO)C(NC(=O)NSC(=O)c2ccccc2)(c2ccccc2)C1. The largest absolute Gasteiger partial charge is 0.444 e. The van der Waals surface area contributed by atoms with Crippen LogP contribution in [0.4, 0.5) is 9.59 Å². The van der Waals surface area contributed by atoms with E-state index in [0.29, 0.717) is 17.5 Å². The lowest BCUT2D eigenvalue weighted by Crippen LogP contribution is -2.55. The topological polar surface area (TPSA) is 108 Å². The van der Waals surface area contributed by atoms with Gasteiger partial charge in [0.25, 0.3) is 0 Å². The van der Waals surface area contributed by atoms with Crippen molar-refractivity contribution in [3.63, 3.8) is 0 Å². The van der Waals surface area contributed by atoms with Crippen molar-refractivity contribution in [1.29, 1.82) is 0 Å². The summed E-state index contributed by atoms with van der Waals surface area (Å²) in [6.45, 7) is 5.40. The molecule has 3 amide bonds. The molecule has 0 aliphatic carbocycles. The zero-order chi connectivity index (χ0) is 24.1. The van der Waals surface area contributed by atoms with Gasteiger partial charge >= 0.3 is 12.1 Å². The van der Waals surface area contributed by atoms with Gasteiger partial charge in [0.05, 0.1) is 18.7 Å². The molecule has 0 spiro atoms. The molecule has 33 heavy (non-hydrogen) atoms. The highest BCUT2D eigenvalue weighted by atomic mass is 32.2. The van der Waals surface area contributed by atoms with Gasteiger partial charge in [-0.2, -0.15) is 0 Å². The van der Waals surface area contributed by atoms with Gasteiger partial charge in [-0.05, 0) is 26.3 Å². The van der Waals surface area contributed by atoms with Gasteiger partial charge in [-0.3, -0.25) is 9.52 Å². The number of benzene rings is 2. The maximum absolute atomic E-state index is 12.9. The highest BCUT2D eigenvalue weighted by molar-refractivity contribution is 8.12.